The van der Waals surface area contributed by atoms with Crippen LogP contribution in [0.25, 0.3) is 0 Å². The van der Waals surface area contributed by atoms with Crippen LogP contribution in [0.2, 0.25) is 0 Å². The minimum Gasteiger partial charge on any atom is -0.385 e. The summed E-state index contributed by atoms with van der Waals surface area (Å²) in [5.41, 5.74) is -0.911. The summed E-state index contributed by atoms with van der Waals surface area (Å²) < 4.78 is 9.67. The Kier molecular flexibility index (Phi) is 5.11. The van der Waals surface area contributed by atoms with Crippen molar-refractivity contribution in [3.63, 3.8) is 0 Å². The molecule has 0 aromatic rings. The Morgan fingerprint density at radius 1 is 1.36 bits per heavy atom. The molecule has 0 aliphatic heterocycles. The molecule has 0 heterocycles. The predicted octanol–water partition coefficient (Wildman–Crippen LogP) is 0.586. The van der Waals surface area contributed by atoms with Gasteiger partial charge in [-0.25, -0.2) is 0 Å². The van der Waals surface area contributed by atoms with Crippen molar-refractivity contribution in [2.45, 2.75) is 12.0 Å². The van der Waals surface area contributed by atoms with E-state index in [0.29, 0.717) is 6.42 Å². The zero-order valence-corrected chi connectivity index (χ0v) is 7.17. The second kappa shape index (κ2) is 5.29. The van der Waals surface area contributed by atoms with E-state index >= 15 is 0 Å². The third kappa shape index (κ3) is 4.14. The molecule has 3 nitrogen and oxygen atoms in total. The number of aliphatic hydroxyl groups is 1. The highest BCUT2D eigenvalue weighted by Crippen LogP contribution is 2.11. The van der Waals surface area contributed by atoms with Crippen LogP contribution in [0.15, 0.2) is 12.7 Å². The molecule has 0 aliphatic rings. The second-order valence-electron chi connectivity index (χ2n) is 2.58. The van der Waals surface area contributed by atoms with E-state index in [9.17, 15) is 5.11 Å². The van der Waals surface area contributed by atoms with Gasteiger partial charge in [-0.05, 0) is 6.42 Å². The van der Waals surface area contributed by atoms with Crippen molar-refractivity contribution < 1.29 is 14.6 Å². The Bertz CT molecular complexity index is 106. The first-order chi connectivity index (χ1) is 5.18. The van der Waals surface area contributed by atoms with Crippen LogP contribution in [0.1, 0.15) is 6.42 Å². The molecule has 0 unspecified atom stereocenters. The lowest BCUT2D eigenvalue weighted by Crippen LogP contribution is -2.38. The van der Waals surface area contributed by atoms with E-state index in [1.54, 1.807) is 20.3 Å². The molecule has 0 fully saturated rings. The first kappa shape index (κ1) is 10.6. The lowest BCUT2D eigenvalue weighted by atomic mass is 10.0. The molecule has 11 heavy (non-hydrogen) atoms. The van der Waals surface area contributed by atoms with Gasteiger partial charge in [0.1, 0.15) is 5.60 Å². The fourth-order valence-electron chi connectivity index (χ4n) is 0.966. The Hall–Kier alpha value is -0.380. The third-order valence-corrected chi connectivity index (χ3v) is 1.35. The summed E-state index contributed by atoms with van der Waals surface area (Å²) >= 11 is 0. The molecular weight excluding hydrogens is 144 g/mol. The van der Waals surface area contributed by atoms with Crippen LogP contribution in [0.3, 0.4) is 0 Å². The van der Waals surface area contributed by atoms with E-state index in [2.05, 4.69) is 6.58 Å². The van der Waals surface area contributed by atoms with Gasteiger partial charge in [0.25, 0.3) is 0 Å². The van der Waals surface area contributed by atoms with Crippen LogP contribution in [0, 0.1) is 0 Å². The first-order valence-electron chi connectivity index (χ1n) is 3.49. The smallest absolute Gasteiger partial charge is 0.114 e. The van der Waals surface area contributed by atoms with Gasteiger partial charge in [-0.1, -0.05) is 6.08 Å². The van der Waals surface area contributed by atoms with Crippen molar-refractivity contribution >= 4 is 0 Å². The Morgan fingerprint density at radius 2 is 1.82 bits per heavy atom. The van der Waals surface area contributed by atoms with Crippen molar-refractivity contribution in [3.8, 4) is 0 Å². The maximum atomic E-state index is 9.69. The summed E-state index contributed by atoms with van der Waals surface area (Å²) in [7, 11) is 3.09. The fraction of sp³-hybridized carbons (Fsp3) is 0.750. The number of rotatable bonds is 6. The lowest BCUT2D eigenvalue weighted by molar-refractivity contribution is -0.0747. The maximum Gasteiger partial charge on any atom is 0.114 e. The molecular formula is C8H16O3. The largest absolute Gasteiger partial charge is 0.385 e. The second-order valence-corrected chi connectivity index (χ2v) is 2.58. The quantitative estimate of drug-likeness (QED) is 0.578. The van der Waals surface area contributed by atoms with E-state index in [0.717, 1.165) is 0 Å². The molecule has 66 valence electrons. The van der Waals surface area contributed by atoms with Crippen molar-refractivity contribution in [1.82, 2.24) is 0 Å². The van der Waals surface area contributed by atoms with E-state index in [1.165, 1.54) is 0 Å². The van der Waals surface area contributed by atoms with Crippen LogP contribution in [0.4, 0.5) is 0 Å². The molecule has 0 aromatic carbocycles. The van der Waals surface area contributed by atoms with Crippen LogP contribution >= 0.6 is 0 Å². The molecule has 0 spiro atoms. The summed E-state index contributed by atoms with van der Waals surface area (Å²) in [5, 5.41) is 9.69. The van der Waals surface area contributed by atoms with Crippen LogP contribution in [-0.2, 0) is 9.47 Å². The topological polar surface area (TPSA) is 38.7 Å². The van der Waals surface area contributed by atoms with Crippen molar-refractivity contribution in [1.29, 1.82) is 0 Å². The average Bonchev–Trinajstić information content (AvgIpc) is 1.88. The summed E-state index contributed by atoms with van der Waals surface area (Å²) in [6.07, 6.45) is 2.13. The molecule has 0 aliphatic carbocycles. The van der Waals surface area contributed by atoms with Gasteiger partial charge in [-0.2, -0.15) is 0 Å². The molecule has 0 aromatic heterocycles. The Morgan fingerprint density at radius 3 is 2.09 bits per heavy atom. The Balaban J connectivity index is 3.88. The van der Waals surface area contributed by atoms with Crippen LogP contribution in [0.5, 0.6) is 0 Å². The van der Waals surface area contributed by atoms with E-state index in [1.807, 2.05) is 0 Å². The van der Waals surface area contributed by atoms with Gasteiger partial charge in [0.2, 0.25) is 0 Å². The predicted molar refractivity (Wildman–Crippen MR) is 43.5 cm³/mol. The summed E-state index contributed by atoms with van der Waals surface area (Å²) in [6, 6.07) is 0. The van der Waals surface area contributed by atoms with Gasteiger partial charge in [-0.3, -0.25) is 0 Å². The molecule has 0 radical (unpaired) electrons. The van der Waals surface area contributed by atoms with Crippen LogP contribution < -0.4 is 0 Å². The van der Waals surface area contributed by atoms with Gasteiger partial charge in [-0.15, -0.1) is 6.58 Å². The molecule has 0 rings (SSSR count). The fourth-order valence-corrected chi connectivity index (χ4v) is 0.966. The molecule has 0 amide bonds. The maximum absolute atomic E-state index is 9.69. The van der Waals surface area contributed by atoms with Gasteiger partial charge in [0.05, 0.1) is 13.2 Å². The van der Waals surface area contributed by atoms with Gasteiger partial charge in [0, 0.05) is 14.2 Å². The summed E-state index contributed by atoms with van der Waals surface area (Å²) in [5.74, 6) is 0. The number of hydrogen-bond donors (Lipinski definition) is 1. The molecule has 0 saturated heterocycles. The Labute approximate surface area is 67.6 Å². The molecule has 0 bridgehead atoms. The van der Waals surface area contributed by atoms with E-state index in [4.69, 9.17) is 9.47 Å². The van der Waals surface area contributed by atoms with Gasteiger partial charge < -0.3 is 14.6 Å². The molecule has 0 atom stereocenters. The highest BCUT2D eigenvalue weighted by atomic mass is 16.5. The van der Waals surface area contributed by atoms with Crippen molar-refractivity contribution in [2.24, 2.45) is 0 Å². The normalized spacial score (nSPS) is 11.5. The van der Waals surface area contributed by atoms with Crippen LogP contribution in [-0.4, -0.2) is 38.1 Å². The number of ether oxygens (including phenoxy) is 2. The highest BCUT2D eigenvalue weighted by molar-refractivity contribution is 4.86. The standard InChI is InChI=1S/C8H16O3/c1-4-5-8(9,6-10-2)7-11-3/h4,9H,1,5-7H2,2-3H3. The van der Waals surface area contributed by atoms with Crippen molar-refractivity contribution in [2.75, 3.05) is 27.4 Å². The first-order valence-corrected chi connectivity index (χ1v) is 3.49. The summed E-state index contributed by atoms with van der Waals surface area (Å²) in [4.78, 5) is 0. The zero-order chi connectivity index (χ0) is 8.74. The van der Waals surface area contributed by atoms with Gasteiger partial charge >= 0.3 is 0 Å². The minimum atomic E-state index is -0.911. The zero-order valence-electron chi connectivity index (χ0n) is 7.17. The summed E-state index contributed by atoms with van der Waals surface area (Å²) in [6.45, 7) is 4.08. The monoisotopic (exact) mass is 160 g/mol. The van der Waals surface area contributed by atoms with Crippen molar-refractivity contribution in [3.05, 3.63) is 12.7 Å². The van der Waals surface area contributed by atoms with Gasteiger partial charge in [0.15, 0.2) is 0 Å². The molecule has 0 saturated carbocycles. The van der Waals surface area contributed by atoms with E-state index < -0.39 is 5.60 Å². The van der Waals surface area contributed by atoms with E-state index in [-0.39, 0.29) is 13.2 Å². The number of methoxy groups -OCH3 is 2. The molecule has 1 N–H and O–H groups in total. The number of hydrogen-bond acceptors (Lipinski definition) is 3. The third-order valence-electron chi connectivity index (χ3n) is 1.35. The SMILES string of the molecule is C=CCC(O)(COC)COC. The minimum absolute atomic E-state index is 0.271. The highest BCUT2D eigenvalue weighted by Gasteiger charge is 2.24. The molecule has 3 heteroatoms. The lowest BCUT2D eigenvalue weighted by Gasteiger charge is -2.24. The average molecular weight is 160 g/mol.